The second kappa shape index (κ2) is 7.19. The van der Waals surface area contributed by atoms with Crippen molar-refractivity contribution in [2.45, 2.75) is 17.8 Å². The van der Waals surface area contributed by atoms with Crippen LogP contribution in [0.5, 0.6) is 5.75 Å². The Morgan fingerprint density at radius 1 is 1.17 bits per heavy atom. The SMILES string of the molecule is COc1ccc(Nc2n[nH]c(SCc3ccccc3)n2)c(C)c1. The maximum atomic E-state index is 5.21. The molecule has 6 heteroatoms. The second-order valence-electron chi connectivity index (χ2n) is 5.04. The number of hydrogen-bond acceptors (Lipinski definition) is 5. The topological polar surface area (TPSA) is 62.8 Å². The zero-order valence-corrected chi connectivity index (χ0v) is 13.9. The van der Waals surface area contributed by atoms with Crippen molar-refractivity contribution in [3.05, 3.63) is 59.7 Å². The normalized spacial score (nSPS) is 10.5. The van der Waals surface area contributed by atoms with Crippen LogP contribution in [0.2, 0.25) is 0 Å². The number of hydrogen-bond donors (Lipinski definition) is 2. The van der Waals surface area contributed by atoms with Crippen LogP contribution in [0.1, 0.15) is 11.1 Å². The Bertz CT molecular complexity index is 773. The van der Waals surface area contributed by atoms with Crippen LogP contribution in [0.15, 0.2) is 53.7 Å². The Morgan fingerprint density at radius 2 is 2.00 bits per heavy atom. The van der Waals surface area contributed by atoms with Crippen molar-refractivity contribution in [2.24, 2.45) is 0 Å². The third-order valence-electron chi connectivity index (χ3n) is 3.36. The van der Waals surface area contributed by atoms with Crippen molar-refractivity contribution in [2.75, 3.05) is 12.4 Å². The van der Waals surface area contributed by atoms with Crippen LogP contribution in [0, 0.1) is 6.92 Å². The fourth-order valence-electron chi connectivity index (χ4n) is 2.12. The number of benzene rings is 2. The van der Waals surface area contributed by atoms with Crippen LogP contribution in [0.3, 0.4) is 0 Å². The number of aromatic nitrogens is 3. The lowest BCUT2D eigenvalue weighted by Gasteiger charge is -2.07. The molecule has 3 rings (SSSR count). The van der Waals surface area contributed by atoms with Gasteiger partial charge in [-0.2, -0.15) is 4.98 Å². The third-order valence-corrected chi connectivity index (χ3v) is 4.30. The first-order valence-corrected chi connectivity index (χ1v) is 8.24. The molecule has 0 saturated heterocycles. The van der Waals surface area contributed by atoms with Crippen LogP contribution in [-0.4, -0.2) is 22.3 Å². The van der Waals surface area contributed by atoms with Crippen LogP contribution >= 0.6 is 11.8 Å². The Kier molecular flexibility index (Phi) is 4.83. The molecule has 0 saturated carbocycles. The highest BCUT2D eigenvalue weighted by Crippen LogP contribution is 2.25. The molecule has 23 heavy (non-hydrogen) atoms. The van der Waals surface area contributed by atoms with Gasteiger partial charge in [0.2, 0.25) is 5.95 Å². The number of rotatable bonds is 6. The standard InChI is InChI=1S/C17H18N4OS/c1-12-10-14(22-2)8-9-15(12)18-16-19-17(21-20-16)23-11-13-6-4-3-5-7-13/h3-10H,11H2,1-2H3,(H2,18,19,20,21). The second-order valence-corrected chi connectivity index (χ2v) is 6.01. The first-order chi connectivity index (χ1) is 11.2. The number of H-pyrrole nitrogens is 1. The van der Waals surface area contributed by atoms with E-state index in [2.05, 4.69) is 32.6 Å². The van der Waals surface area contributed by atoms with Gasteiger partial charge < -0.3 is 10.1 Å². The molecule has 0 aliphatic rings. The zero-order valence-electron chi connectivity index (χ0n) is 13.0. The Labute approximate surface area is 139 Å². The molecule has 0 atom stereocenters. The van der Waals surface area contributed by atoms with Gasteiger partial charge in [-0.05, 0) is 36.2 Å². The maximum absolute atomic E-state index is 5.21. The van der Waals surface area contributed by atoms with Gasteiger partial charge in [0.1, 0.15) is 5.75 Å². The molecule has 2 aromatic carbocycles. The number of thioether (sulfide) groups is 1. The van der Waals surface area contributed by atoms with E-state index in [-0.39, 0.29) is 0 Å². The number of nitrogens with one attached hydrogen (secondary N) is 2. The average Bonchev–Trinajstić information content (AvgIpc) is 3.03. The number of aryl methyl sites for hydroxylation is 1. The molecule has 3 aromatic rings. The summed E-state index contributed by atoms with van der Waals surface area (Å²) in [6.45, 7) is 2.02. The molecule has 118 valence electrons. The van der Waals surface area contributed by atoms with E-state index in [0.717, 1.165) is 27.9 Å². The first kappa shape index (κ1) is 15.4. The molecule has 1 aromatic heterocycles. The fourth-order valence-corrected chi connectivity index (χ4v) is 2.87. The lowest BCUT2D eigenvalue weighted by molar-refractivity contribution is 0.414. The van der Waals surface area contributed by atoms with Crippen molar-refractivity contribution in [3.8, 4) is 5.75 Å². The van der Waals surface area contributed by atoms with Crippen molar-refractivity contribution in [3.63, 3.8) is 0 Å². The summed E-state index contributed by atoms with van der Waals surface area (Å²) in [7, 11) is 1.66. The van der Waals surface area contributed by atoms with Crippen molar-refractivity contribution >= 4 is 23.4 Å². The van der Waals surface area contributed by atoms with E-state index < -0.39 is 0 Å². The van der Waals surface area contributed by atoms with Gasteiger partial charge in [-0.15, -0.1) is 5.10 Å². The fraction of sp³-hybridized carbons (Fsp3) is 0.176. The highest BCUT2D eigenvalue weighted by atomic mass is 32.2. The van der Waals surface area contributed by atoms with Gasteiger partial charge in [-0.3, -0.25) is 5.10 Å². The van der Waals surface area contributed by atoms with E-state index in [0.29, 0.717) is 5.95 Å². The maximum Gasteiger partial charge on any atom is 0.247 e. The van der Waals surface area contributed by atoms with Gasteiger partial charge in [0.15, 0.2) is 5.16 Å². The summed E-state index contributed by atoms with van der Waals surface area (Å²) in [6, 6.07) is 16.1. The van der Waals surface area contributed by atoms with Crippen molar-refractivity contribution in [1.29, 1.82) is 0 Å². The number of aromatic amines is 1. The molecule has 0 amide bonds. The van der Waals surface area contributed by atoms with Crippen LogP contribution in [-0.2, 0) is 5.75 Å². The molecule has 0 aliphatic carbocycles. The first-order valence-electron chi connectivity index (χ1n) is 7.25. The monoisotopic (exact) mass is 326 g/mol. The molecular weight excluding hydrogens is 308 g/mol. The molecular formula is C17H18N4OS. The van der Waals surface area contributed by atoms with E-state index in [9.17, 15) is 0 Å². The van der Waals surface area contributed by atoms with Gasteiger partial charge in [0.05, 0.1) is 7.11 Å². The molecule has 0 aliphatic heterocycles. The van der Waals surface area contributed by atoms with Gasteiger partial charge in [-0.1, -0.05) is 42.1 Å². The Balaban J connectivity index is 1.63. The number of methoxy groups -OCH3 is 1. The minimum Gasteiger partial charge on any atom is -0.497 e. The van der Waals surface area contributed by atoms with Gasteiger partial charge >= 0.3 is 0 Å². The van der Waals surface area contributed by atoms with E-state index in [1.807, 2.05) is 43.3 Å². The lowest BCUT2D eigenvalue weighted by Crippen LogP contribution is -1.95. The largest absolute Gasteiger partial charge is 0.497 e. The number of anilines is 2. The lowest BCUT2D eigenvalue weighted by atomic mass is 10.2. The number of nitrogens with zero attached hydrogens (tertiary/aromatic N) is 2. The average molecular weight is 326 g/mol. The van der Waals surface area contributed by atoms with Gasteiger partial charge in [0.25, 0.3) is 0 Å². The highest BCUT2D eigenvalue weighted by Gasteiger charge is 2.07. The summed E-state index contributed by atoms with van der Waals surface area (Å²) < 4.78 is 5.21. The quantitative estimate of drug-likeness (QED) is 0.666. The summed E-state index contributed by atoms with van der Waals surface area (Å²) in [5.74, 6) is 2.26. The molecule has 0 bridgehead atoms. The molecule has 0 radical (unpaired) electrons. The smallest absolute Gasteiger partial charge is 0.247 e. The molecule has 5 nitrogen and oxygen atoms in total. The summed E-state index contributed by atoms with van der Waals surface area (Å²) in [6.07, 6.45) is 0. The molecule has 2 N–H and O–H groups in total. The Hall–Kier alpha value is -2.47. The summed E-state index contributed by atoms with van der Waals surface area (Å²) in [5, 5.41) is 11.2. The summed E-state index contributed by atoms with van der Waals surface area (Å²) in [4.78, 5) is 4.46. The minimum absolute atomic E-state index is 0.564. The summed E-state index contributed by atoms with van der Waals surface area (Å²) in [5.41, 5.74) is 3.30. The third kappa shape index (κ3) is 4.04. The predicted octanol–water partition coefficient (Wildman–Crippen LogP) is 4.16. The van der Waals surface area contributed by atoms with Crippen molar-refractivity contribution in [1.82, 2.24) is 15.2 Å². The van der Waals surface area contributed by atoms with Crippen LogP contribution in [0.25, 0.3) is 0 Å². The minimum atomic E-state index is 0.564. The van der Waals surface area contributed by atoms with Gasteiger partial charge in [0, 0.05) is 11.4 Å². The van der Waals surface area contributed by atoms with E-state index in [4.69, 9.17) is 4.74 Å². The molecule has 0 spiro atoms. The summed E-state index contributed by atoms with van der Waals surface area (Å²) >= 11 is 1.63. The van der Waals surface area contributed by atoms with E-state index in [1.165, 1.54) is 5.56 Å². The highest BCUT2D eigenvalue weighted by molar-refractivity contribution is 7.98. The van der Waals surface area contributed by atoms with Crippen LogP contribution < -0.4 is 10.1 Å². The van der Waals surface area contributed by atoms with Crippen LogP contribution in [0.4, 0.5) is 11.6 Å². The van der Waals surface area contributed by atoms with Crippen molar-refractivity contribution < 1.29 is 4.74 Å². The Morgan fingerprint density at radius 3 is 2.74 bits per heavy atom. The molecule has 1 heterocycles. The van der Waals surface area contributed by atoms with Gasteiger partial charge in [-0.25, -0.2) is 0 Å². The zero-order chi connectivity index (χ0) is 16.1. The molecule has 0 unspecified atom stereocenters. The van der Waals surface area contributed by atoms with E-state index >= 15 is 0 Å². The van der Waals surface area contributed by atoms with E-state index in [1.54, 1.807) is 18.9 Å². The number of ether oxygens (including phenoxy) is 1. The predicted molar refractivity (Wildman–Crippen MR) is 93.4 cm³/mol. The molecule has 0 fully saturated rings.